The van der Waals surface area contributed by atoms with Crippen molar-refractivity contribution in [1.29, 1.82) is 0 Å². The molecule has 25 rings (SSSR count). The molecular weight excluding hydrogens is 1690 g/mol. The molecule has 0 saturated carbocycles. The number of aromatic nitrogens is 7. The molecule has 1 aliphatic rings. The minimum absolute atomic E-state index is 0.343. The third-order valence-corrected chi connectivity index (χ3v) is 28.9. The van der Waals surface area contributed by atoms with Gasteiger partial charge in [0.1, 0.15) is 10.0 Å². The van der Waals surface area contributed by atoms with Gasteiger partial charge in [-0.15, -0.1) is 22.7 Å². The molecule has 0 N–H and O–H groups in total. The fraction of sp³-hybridized carbons (Fsp3) is 0.0545. The van der Waals surface area contributed by atoms with E-state index in [4.69, 9.17) is 19.3 Å². The molecule has 0 atom stereocenters. The van der Waals surface area contributed by atoms with Gasteiger partial charge in [-0.25, -0.2) is 9.97 Å². The lowest BCUT2D eigenvalue weighted by Crippen LogP contribution is -2.41. The quantitative estimate of drug-likeness (QED) is 0.128. The summed E-state index contributed by atoms with van der Waals surface area (Å²) in [7, 11) is -0.353. The number of hydrogen-bond acceptors (Lipinski definition) is 6. The predicted octanol–water partition coefficient (Wildman–Crippen LogP) is 30.3. The molecule has 8 heterocycles. The summed E-state index contributed by atoms with van der Waals surface area (Å²) in [5.41, 5.74) is 27.0. The molecule has 1 aliphatic heterocycles. The number of rotatable bonds is 10. The first-order chi connectivity index (χ1) is 60.8. The monoisotopic (exact) mass is 1760 g/mol. The first-order valence-electron chi connectivity index (χ1n) is 41.8. The first-order valence-corrected chi connectivity index (χ1v) is 45.0. The van der Waals surface area contributed by atoms with Crippen LogP contribution in [0.2, 0.25) is 0 Å². The molecule has 0 radical (unpaired) electrons. The van der Waals surface area contributed by atoms with Gasteiger partial charge in [0.15, 0.2) is 0 Å². The van der Waals surface area contributed by atoms with Gasteiger partial charge < -0.3 is 32.1 Å². The smallest absolute Gasteiger partial charge is 0.399 e. The number of benzene rings is 17. The van der Waals surface area contributed by atoms with Gasteiger partial charge in [0.2, 0.25) is 0 Å². The zero-order chi connectivity index (χ0) is 83.1. The minimum Gasteiger partial charge on any atom is -0.399 e. The number of nitrogens with zero attached hydrogens (tertiary/aromatic N) is 7. The number of fused-ring (bicyclic) bond motifs is 17. The molecule has 0 aliphatic carbocycles. The molecule has 9 nitrogen and oxygen atoms in total. The lowest BCUT2D eigenvalue weighted by molar-refractivity contribution is 0.00578. The van der Waals surface area contributed by atoms with E-state index in [2.05, 4.69) is 459 Å². The van der Waals surface area contributed by atoms with Crippen molar-refractivity contribution in [3.05, 3.63) is 397 Å². The topological polar surface area (TPSA) is 68.9 Å². The Balaban J connectivity index is 0.000000126. The predicted molar refractivity (Wildman–Crippen MR) is 530 cm³/mol. The zero-order valence-electron chi connectivity index (χ0n) is 68.0. The van der Waals surface area contributed by atoms with Crippen LogP contribution < -0.4 is 5.46 Å². The standard InChI is InChI=1S/C61H38N4S.C25H14Br2N2S.C24H24BNO2/c1-4-16-42(17-5-1)63-53-25-13-10-22-47(53)50-36-39(28-33-56(50)63)45-31-32-46(40-29-34-57-51(37-40)48-23-11-14-26-54(48)64(57)43-18-6-2-7-19-43)60-59(45)62-61(66-60)41-30-35-58-52(38-41)49-24-12-15-27-55(49)65(58)44-20-8-3-9-21-44;26-19-11-12-20(27)24-23(19)28-25(30-24)15-10-13-22-18(14-15)17-8-4-5-9-21(17)29(22)16-6-2-1-3-7-16;1-23(2)24(3,4)28-25(27-23)17-14-15-22-20(16-17)19-12-8-9-13-21(19)26(22)18-10-6-5-7-11-18/h1-38H;1-14H;5-16H,1-4H3. The summed E-state index contributed by atoms with van der Waals surface area (Å²) in [6.07, 6.45) is 0. The van der Waals surface area contributed by atoms with Crippen molar-refractivity contribution >= 4 is 197 Å². The van der Waals surface area contributed by atoms with Gasteiger partial charge in [0.05, 0.1) is 86.8 Å². The van der Waals surface area contributed by atoms with Crippen LogP contribution in [0.1, 0.15) is 27.7 Å². The molecular formula is C110H76BBr2N7O2S2. The van der Waals surface area contributed by atoms with Crippen LogP contribution in [0.25, 0.3) is 201 Å². The summed E-state index contributed by atoms with van der Waals surface area (Å²) in [6, 6.07) is 139. The molecule has 1 saturated heterocycles. The summed E-state index contributed by atoms with van der Waals surface area (Å²) in [5, 5.41) is 14.3. The van der Waals surface area contributed by atoms with E-state index < -0.39 is 0 Å². The van der Waals surface area contributed by atoms with Crippen molar-refractivity contribution in [3.63, 3.8) is 0 Å². The van der Waals surface area contributed by atoms with Crippen molar-refractivity contribution in [1.82, 2.24) is 32.8 Å². The Labute approximate surface area is 740 Å². The Morgan fingerprint density at radius 3 is 0.887 bits per heavy atom. The number of para-hydroxylation sites is 10. The van der Waals surface area contributed by atoms with Crippen LogP contribution in [0.4, 0.5) is 0 Å². The Kier molecular flexibility index (Phi) is 18.4. The van der Waals surface area contributed by atoms with Gasteiger partial charge in [0.25, 0.3) is 0 Å². The van der Waals surface area contributed by atoms with Crippen LogP contribution in [0.5, 0.6) is 0 Å². The summed E-state index contributed by atoms with van der Waals surface area (Å²) in [6.45, 7) is 8.36. The molecule has 0 amide bonds. The molecule has 24 aromatic rings. The van der Waals surface area contributed by atoms with Crippen molar-refractivity contribution < 1.29 is 9.31 Å². The third kappa shape index (κ3) is 12.6. The first kappa shape index (κ1) is 75.4. The number of hydrogen-bond donors (Lipinski definition) is 0. The van der Waals surface area contributed by atoms with E-state index in [9.17, 15) is 0 Å². The lowest BCUT2D eigenvalue weighted by Gasteiger charge is -2.32. The average Bonchev–Trinajstić information content (AvgIpc) is 1.59. The van der Waals surface area contributed by atoms with E-state index in [0.29, 0.717) is 0 Å². The molecule has 124 heavy (non-hydrogen) atoms. The highest BCUT2D eigenvalue weighted by molar-refractivity contribution is 9.11. The SMILES string of the molecule is Brc1ccc(Br)c2sc(-c3ccc4c(c3)c3ccccc3n4-c3ccccc3)nc12.CC1(C)OB(c2ccc3c(c2)c2ccccc2n3-c2ccccc2)OC1(C)C.c1ccc(-n2c3ccccc3c3cc(-c4nc5c(-c6ccc7c(c6)c6ccccc6n7-c6ccccc6)ccc(-c6ccc7c(c6)c6ccccc6n7-c6ccccc6)c5s4)ccc32)cc1. The molecule has 0 bridgehead atoms. The molecule has 14 heteroatoms. The minimum atomic E-state index is -0.353. The Hall–Kier alpha value is -13.5. The van der Waals surface area contributed by atoms with E-state index in [1.54, 1.807) is 22.7 Å². The second-order valence-corrected chi connectivity index (χ2v) is 36.5. The van der Waals surface area contributed by atoms with E-state index in [1.807, 2.05) is 12.1 Å². The van der Waals surface area contributed by atoms with Crippen LogP contribution in [0.3, 0.4) is 0 Å². The molecule has 1 fully saturated rings. The maximum Gasteiger partial charge on any atom is 0.494 e. The molecule has 7 aromatic heterocycles. The van der Waals surface area contributed by atoms with Crippen molar-refractivity contribution in [3.8, 4) is 71.8 Å². The van der Waals surface area contributed by atoms with Crippen molar-refractivity contribution in [2.45, 2.75) is 38.9 Å². The molecule has 0 unspecified atom stereocenters. The van der Waals surface area contributed by atoms with Gasteiger partial charge in [0, 0.05) is 113 Å². The number of halogens is 2. The maximum absolute atomic E-state index is 6.27. The maximum atomic E-state index is 6.27. The Morgan fingerprint density at radius 1 is 0.250 bits per heavy atom. The largest absolute Gasteiger partial charge is 0.494 e. The van der Waals surface area contributed by atoms with E-state index >= 15 is 0 Å². The van der Waals surface area contributed by atoms with Crippen LogP contribution >= 0.6 is 54.5 Å². The molecule has 592 valence electrons. The highest BCUT2D eigenvalue weighted by atomic mass is 79.9. The normalized spacial score (nSPS) is 13.3. The van der Waals surface area contributed by atoms with E-state index in [1.165, 1.54) is 131 Å². The van der Waals surface area contributed by atoms with Gasteiger partial charge in [-0.05, 0) is 246 Å². The van der Waals surface area contributed by atoms with Crippen molar-refractivity contribution in [2.75, 3.05) is 0 Å². The second kappa shape index (κ2) is 30.2. The fourth-order valence-electron chi connectivity index (χ4n) is 18.5. The van der Waals surface area contributed by atoms with Crippen LogP contribution in [0, 0.1) is 0 Å². The second-order valence-electron chi connectivity index (χ2n) is 32.8. The van der Waals surface area contributed by atoms with Gasteiger partial charge in [-0.2, -0.15) is 0 Å². The summed E-state index contributed by atoms with van der Waals surface area (Å²) >= 11 is 10.8. The van der Waals surface area contributed by atoms with E-state index in [0.717, 1.165) is 85.2 Å². The highest BCUT2D eigenvalue weighted by Crippen LogP contribution is 2.48. The highest BCUT2D eigenvalue weighted by Gasteiger charge is 2.52. The summed E-state index contributed by atoms with van der Waals surface area (Å²) < 4.78 is 28.8. The average molecular weight is 1760 g/mol. The fourth-order valence-corrected chi connectivity index (χ4v) is 21.8. The van der Waals surface area contributed by atoms with Gasteiger partial charge >= 0.3 is 7.12 Å². The summed E-state index contributed by atoms with van der Waals surface area (Å²) in [4.78, 5) is 10.6. The van der Waals surface area contributed by atoms with Crippen LogP contribution in [-0.4, -0.2) is 51.1 Å². The van der Waals surface area contributed by atoms with Crippen molar-refractivity contribution in [2.24, 2.45) is 0 Å². The molecule has 17 aromatic carbocycles. The van der Waals surface area contributed by atoms with Gasteiger partial charge in [-0.3, -0.25) is 0 Å². The third-order valence-electron chi connectivity index (χ3n) is 25.1. The Bertz CT molecular complexity index is 8110. The van der Waals surface area contributed by atoms with Crippen LogP contribution in [-0.2, 0) is 9.31 Å². The lowest BCUT2D eigenvalue weighted by atomic mass is 9.78. The van der Waals surface area contributed by atoms with E-state index in [-0.39, 0.29) is 18.3 Å². The Morgan fingerprint density at radius 2 is 0.524 bits per heavy atom. The van der Waals surface area contributed by atoms with Gasteiger partial charge in [-0.1, -0.05) is 218 Å². The summed E-state index contributed by atoms with van der Waals surface area (Å²) in [5.74, 6) is 0. The zero-order valence-corrected chi connectivity index (χ0v) is 72.9. The van der Waals surface area contributed by atoms with Crippen LogP contribution in [0.15, 0.2) is 397 Å². The number of thiazole rings is 2. The molecule has 0 spiro atoms.